The van der Waals surface area contributed by atoms with Gasteiger partial charge >= 0.3 is 5.97 Å². The average Bonchev–Trinajstić information content (AvgIpc) is 2.81. The summed E-state index contributed by atoms with van der Waals surface area (Å²) < 4.78 is 6.99. The van der Waals surface area contributed by atoms with Crippen LogP contribution >= 0.6 is 0 Å². The second-order valence-corrected chi connectivity index (χ2v) is 4.04. The van der Waals surface area contributed by atoms with Gasteiger partial charge in [-0.05, 0) is 32.9 Å². The normalized spacial score (nSPS) is 11.1. The standard InChI is InChI=1S/C11H13N3O3/c1-6(2)14-10(8-5-4-7(3)17-8)9(11(15)16)12-13-14/h4-6H,1-3H3,(H,15,16). The van der Waals surface area contributed by atoms with Crippen molar-refractivity contribution in [2.24, 2.45) is 0 Å². The first-order chi connectivity index (χ1) is 8.00. The Balaban J connectivity index is 2.63. The number of aryl methyl sites for hydroxylation is 1. The van der Waals surface area contributed by atoms with Gasteiger partial charge in [-0.25, -0.2) is 9.48 Å². The number of aromatic carboxylic acids is 1. The van der Waals surface area contributed by atoms with Crippen LogP contribution in [-0.4, -0.2) is 26.1 Å². The Morgan fingerprint density at radius 2 is 2.18 bits per heavy atom. The fourth-order valence-electron chi connectivity index (χ4n) is 1.59. The number of carbonyl (C=O) groups is 1. The van der Waals surface area contributed by atoms with Crippen LogP contribution in [0.5, 0.6) is 0 Å². The Hall–Kier alpha value is -2.11. The first kappa shape index (κ1) is 11.4. The van der Waals surface area contributed by atoms with Crippen LogP contribution in [-0.2, 0) is 0 Å². The maximum atomic E-state index is 11.1. The van der Waals surface area contributed by atoms with Crippen LogP contribution in [0, 0.1) is 6.92 Å². The van der Waals surface area contributed by atoms with Gasteiger partial charge in [-0.2, -0.15) is 0 Å². The van der Waals surface area contributed by atoms with Gasteiger partial charge in [0.15, 0.2) is 5.76 Å². The van der Waals surface area contributed by atoms with Crippen LogP contribution < -0.4 is 0 Å². The van der Waals surface area contributed by atoms with E-state index in [0.717, 1.165) is 0 Å². The Labute approximate surface area is 97.9 Å². The van der Waals surface area contributed by atoms with E-state index in [1.165, 1.54) is 0 Å². The third kappa shape index (κ3) is 1.93. The average molecular weight is 235 g/mol. The van der Waals surface area contributed by atoms with E-state index >= 15 is 0 Å². The van der Waals surface area contributed by atoms with Crippen molar-refractivity contribution in [2.75, 3.05) is 0 Å². The Morgan fingerprint density at radius 3 is 2.65 bits per heavy atom. The SMILES string of the molecule is Cc1ccc(-c2c(C(=O)O)nnn2C(C)C)o1. The molecule has 0 aliphatic heterocycles. The van der Waals surface area contributed by atoms with Gasteiger partial charge in [0.25, 0.3) is 0 Å². The van der Waals surface area contributed by atoms with Crippen molar-refractivity contribution < 1.29 is 14.3 Å². The molecule has 0 aliphatic carbocycles. The molecule has 6 nitrogen and oxygen atoms in total. The second kappa shape index (κ2) is 4.04. The predicted molar refractivity (Wildman–Crippen MR) is 59.8 cm³/mol. The molecule has 2 heterocycles. The van der Waals surface area contributed by atoms with Crippen molar-refractivity contribution in [3.05, 3.63) is 23.6 Å². The molecule has 0 unspecified atom stereocenters. The minimum atomic E-state index is -1.11. The number of nitrogens with zero attached hydrogens (tertiary/aromatic N) is 3. The third-order valence-electron chi connectivity index (χ3n) is 2.36. The van der Waals surface area contributed by atoms with Crippen LogP contribution in [0.4, 0.5) is 0 Å². The predicted octanol–water partition coefficient (Wildman–Crippen LogP) is 2.13. The first-order valence-electron chi connectivity index (χ1n) is 5.26. The molecule has 2 rings (SSSR count). The maximum Gasteiger partial charge on any atom is 0.358 e. The third-order valence-corrected chi connectivity index (χ3v) is 2.36. The molecule has 0 fully saturated rings. The van der Waals surface area contributed by atoms with E-state index in [-0.39, 0.29) is 11.7 Å². The van der Waals surface area contributed by atoms with E-state index in [0.29, 0.717) is 17.2 Å². The summed E-state index contributed by atoms with van der Waals surface area (Å²) in [7, 11) is 0. The van der Waals surface area contributed by atoms with Crippen molar-refractivity contribution in [3.63, 3.8) is 0 Å². The molecule has 0 radical (unpaired) electrons. The lowest BCUT2D eigenvalue weighted by atomic mass is 10.2. The molecule has 0 saturated heterocycles. The smallest absolute Gasteiger partial charge is 0.358 e. The van der Waals surface area contributed by atoms with Crippen LogP contribution in [0.2, 0.25) is 0 Å². The van der Waals surface area contributed by atoms with Crippen LogP contribution in [0.1, 0.15) is 36.1 Å². The molecule has 0 amide bonds. The zero-order valence-electron chi connectivity index (χ0n) is 9.84. The highest BCUT2D eigenvalue weighted by molar-refractivity contribution is 5.91. The van der Waals surface area contributed by atoms with Gasteiger partial charge in [-0.15, -0.1) is 5.10 Å². The summed E-state index contributed by atoms with van der Waals surface area (Å²) in [6.07, 6.45) is 0. The lowest BCUT2D eigenvalue weighted by molar-refractivity contribution is 0.0691. The highest BCUT2D eigenvalue weighted by Gasteiger charge is 2.23. The van der Waals surface area contributed by atoms with Gasteiger partial charge in [-0.3, -0.25) is 0 Å². The van der Waals surface area contributed by atoms with Gasteiger partial charge in [0.2, 0.25) is 5.69 Å². The van der Waals surface area contributed by atoms with Crippen LogP contribution in [0.3, 0.4) is 0 Å². The number of hydrogen-bond donors (Lipinski definition) is 1. The van der Waals surface area contributed by atoms with Gasteiger partial charge in [0.05, 0.1) is 0 Å². The molecule has 2 aromatic heterocycles. The number of carboxylic acid groups (broad SMARTS) is 1. The van der Waals surface area contributed by atoms with Gasteiger partial charge in [0.1, 0.15) is 11.5 Å². The number of hydrogen-bond acceptors (Lipinski definition) is 4. The van der Waals surface area contributed by atoms with Gasteiger partial charge in [-0.1, -0.05) is 5.21 Å². The summed E-state index contributed by atoms with van der Waals surface area (Å²) in [6, 6.07) is 3.51. The molecule has 1 N–H and O–H groups in total. The number of rotatable bonds is 3. The number of aromatic nitrogens is 3. The van der Waals surface area contributed by atoms with Crippen LogP contribution in [0.15, 0.2) is 16.5 Å². The molecule has 2 aromatic rings. The first-order valence-corrected chi connectivity index (χ1v) is 5.26. The molecule has 0 aliphatic rings. The molecule has 0 atom stereocenters. The Bertz CT molecular complexity index is 554. The van der Waals surface area contributed by atoms with Crippen LogP contribution in [0.25, 0.3) is 11.5 Å². The van der Waals surface area contributed by atoms with E-state index in [2.05, 4.69) is 10.3 Å². The summed E-state index contributed by atoms with van der Waals surface area (Å²) in [4.78, 5) is 11.1. The zero-order chi connectivity index (χ0) is 12.6. The largest absolute Gasteiger partial charge is 0.476 e. The van der Waals surface area contributed by atoms with Crippen molar-refractivity contribution in [2.45, 2.75) is 26.8 Å². The molecule has 0 saturated carbocycles. The minimum Gasteiger partial charge on any atom is -0.476 e. The van der Waals surface area contributed by atoms with E-state index in [1.54, 1.807) is 23.7 Å². The van der Waals surface area contributed by atoms with Crippen molar-refractivity contribution in [1.29, 1.82) is 0 Å². The topological polar surface area (TPSA) is 81.1 Å². The zero-order valence-corrected chi connectivity index (χ0v) is 9.84. The summed E-state index contributed by atoms with van der Waals surface area (Å²) in [5.74, 6) is 0.0763. The lowest BCUT2D eigenvalue weighted by Gasteiger charge is -2.07. The second-order valence-electron chi connectivity index (χ2n) is 4.04. The fraction of sp³-hybridized carbons (Fsp3) is 0.364. The van der Waals surface area contributed by atoms with E-state index in [9.17, 15) is 4.79 Å². The molecule has 6 heteroatoms. The van der Waals surface area contributed by atoms with E-state index in [4.69, 9.17) is 9.52 Å². The molecular formula is C11H13N3O3. The van der Waals surface area contributed by atoms with Crippen molar-refractivity contribution >= 4 is 5.97 Å². The number of furan rings is 1. The quantitative estimate of drug-likeness (QED) is 0.881. The lowest BCUT2D eigenvalue weighted by Crippen LogP contribution is -2.06. The molecule has 0 aromatic carbocycles. The molecule has 17 heavy (non-hydrogen) atoms. The molecule has 0 spiro atoms. The summed E-state index contributed by atoms with van der Waals surface area (Å²) in [5.41, 5.74) is 0.314. The number of carboxylic acids is 1. The van der Waals surface area contributed by atoms with Gasteiger partial charge < -0.3 is 9.52 Å². The maximum absolute atomic E-state index is 11.1. The molecule has 0 bridgehead atoms. The highest BCUT2D eigenvalue weighted by Crippen LogP contribution is 2.26. The summed E-state index contributed by atoms with van der Waals surface area (Å²) >= 11 is 0. The molecular weight excluding hydrogens is 222 g/mol. The minimum absolute atomic E-state index is 0.0102. The van der Waals surface area contributed by atoms with Gasteiger partial charge in [0, 0.05) is 6.04 Å². The van der Waals surface area contributed by atoms with E-state index in [1.807, 2.05) is 13.8 Å². The summed E-state index contributed by atoms with van der Waals surface area (Å²) in [6.45, 7) is 5.60. The molecule has 90 valence electrons. The monoisotopic (exact) mass is 235 g/mol. The summed E-state index contributed by atoms with van der Waals surface area (Å²) in [5, 5.41) is 16.6. The Kier molecular flexibility index (Phi) is 2.71. The highest BCUT2D eigenvalue weighted by atomic mass is 16.4. The van der Waals surface area contributed by atoms with Crippen molar-refractivity contribution in [1.82, 2.24) is 15.0 Å². The fourth-order valence-corrected chi connectivity index (χ4v) is 1.59. The van der Waals surface area contributed by atoms with E-state index < -0.39 is 5.97 Å². The van der Waals surface area contributed by atoms with Crippen molar-refractivity contribution in [3.8, 4) is 11.5 Å². The Morgan fingerprint density at radius 1 is 1.47 bits per heavy atom.